The first-order chi connectivity index (χ1) is 30.7. The van der Waals surface area contributed by atoms with Crippen molar-refractivity contribution in [2.24, 2.45) is 0 Å². The summed E-state index contributed by atoms with van der Waals surface area (Å²) >= 11 is 0. The normalized spacial score (nSPS) is 15.1. The quantitative estimate of drug-likeness (QED) is 0.0995. The molecule has 0 aromatic heterocycles. The first kappa shape index (κ1) is 54.2. The Balaban J connectivity index is 0.000000448. The number of aliphatic hydroxyl groups excluding tert-OH is 1. The predicted molar refractivity (Wildman–Crippen MR) is 243 cm³/mol. The second-order valence-corrected chi connectivity index (χ2v) is 14.9. The Labute approximate surface area is 377 Å². The second kappa shape index (κ2) is 28.7. The van der Waals surface area contributed by atoms with Crippen LogP contribution in [0.3, 0.4) is 0 Å². The van der Waals surface area contributed by atoms with E-state index in [2.05, 4.69) is 34.3 Å². The van der Waals surface area contributed by atoms with Crippen LogP contribution in [0.25, 0.3) is 0 Å². The van der Waals surface area contributed by atoms with E-state index in [-0.39, 0.29) is 6.61 Å². The first-order valence-corrected chi connectivity index (χ1v) is 21.1. The lowest BCUT2D eigenvalue weighted by atomic mass is 9.92. The molecule has 15 heteroatoms. The number of Topliss-reactive ketones (excluding diaryl/α,β-unsaturated/α-hetero) is 2. The predicted octanol–water partition coefficient (Wildman–Crippen LogP) is 3.87. The summed E-state index contributed by atoms with van der Waals surface area (Å²) in [6.07, 6.45) is 13.3. The number of ketones is 2. The van der Waals surface area contributed by atoms with Gasteiger partial charge in [-0.2, -0.15) is 0 Å². The highest BCUT2D eigenvalue weighted by molar-refractivity contribution is 6.15. The topological polar surface area (TPSA) is 190 Å². The van der Waals surface area contributed by atoms with E-state index in [4.69, 9.17) is 18.9 Å². The van der Waals surface area contributed by atoms with Gasteiger partial charge in [0, 0.05) is 84.5 Å². The number of hydrogen-bond donors (Lipinski definition) is 3. The van der Waals surface area contributed by atoms with Crippen molar-refractivity contribution in [2.75, 3.05) is 75.4 Å². The van der Waals surface area contributed by atoms with E-state index < -0.39 is 59.2 Å². The number of nitrogens with zero attached hydrogens (tertiary/aromatic N) is 2. The Hall–Kier alpha value is -5.94. The molecule has 4 amide bonds. The summed E-state index contributed by atoms with van der Waals surface area (Å²) in [5.74, 6) is 8.34. The number of likely N-dealkylation sites (N-methyl/N-ethyl adjacent to an activating group) is 4. The molecule has 0 spiro atoms. The lowest BCUT2D eigenvalue weighted by Gasteiger charge is -2.36. The van der Waals surface area contributed by atoms with Crippen LogP contribution < -0.4 is 10.6 Å². The van der Waals surface area contributed by atoms with Gasteiger partial charge >= 0.3 is 0 Å². The van der Waals surface area contributed by atoms with Gasteiger partial charge in [-0.05, 0) is 119 Å². The first-order valence-electron chi connectivity index (χ1n) is 21.1. The maximum Gasteiger partial charge on any atom is 0.254 e. The van der Waals surface area contributed by atoms with Gasteiger partial charge in [0.2, 0.25) is 0 Å². The molecule has 2 aromatic carbocycles. The van der Waals surface area contributed by atoms with Crippen LogP contribution in [0.1, 0.15) is 90.6 Å². The summed E-state index contributed by atoms with van der Waals surface area (Å²) in [5, 5.41) is 14.1. The van der Waals surface area contributed by atoms with Crippen molar-refractivity contribution in [1.82, 2.24) is 20.4 Å². The zero-order chi connectivity index (χ0) is 47.5. The fraction of sp³-hybridized carbons (Fsp3) is 0.469. The summed E-state index contributed by atoms with van der Waals surface area (Å²) in [4.78, 5) is 78.4. The molecule has 0 bridgehead atoms. The van der Waals surface area contributed by atoms with E-state index in [1.54, 1.807) is 74.9 Å². The molecule has 3 N–H and O–H groups in total. The van der Waals surface area contributed by atoms with Gasteiger partial charge in [-0.3, -0.25) is 28.8 Å². The third-order valence-corrected chi connectivity index (χ3v) is 10.6. The third kappa shape index (κ3) is 16.0. The molecule has 1 aliphatic heterocycles. The van der Waals surface area contributed by atoms with Crippen molar-refractivity contribution in [3.05, 3.63) is 95.1 Å². The summed E-state index contributed by atoms with van der Waals surface area (Å²) in [6, 6.07) is 13.3. The minimum absolute atomic E-state index is 0.300. The minimum atomic E-state index is -1.81. The zero-order valence-electron chi connectivity index (χ0n) is 38.4. The maximum absolute atomic E-state index is 13.2. The maximum atomic E-state index is 13.2. The molecule has 1 unspecified atom stereocenters. The molecule has 346 valence electrons. The number of methoxy groups -OCH3 is 2. The highest BCUT2D eigenvalue weighted by Crippen LogP contribution is 2.22. The summed E-state index contributed by atoms with van der Waals surface area (Å²) in [6.45, 7) is 3.56. The van der Waals surface area contributed by atoms with Crippen molar-refractivity contribution in [3.63, 3.8) is 0 Å². The molecule has 3 atom stereocenters. The molecule has 64 heavy (non-hydrogen) atoms. The number of aliphatic hydroxyl groups is 1. The number of amides is 4. The highest BCUT2D eigenvalue weighted by atomic mass is 16.7. The molecule has 1 saturated heterocycles. The van der Waals surface area contributed by atoms with Crippen LogP contribution in [0.2, 0.25) is 0 Å². The average Bonchev–Trinajstić information content (AvgIpc) is 3.33. The molecule has 1 heterocycles. The fourth-order valence-corrected chi connectivity index (χ4v) is 6.14. The Kier molecular flexibility index (Phi) is 24.3. The molecule has 0 saturated carbocycles. The molecule has 0 radical (unpaired) electrons. The smallest absolute Gasteiger partial charge is 0.254 e. The van der Waals surface area contributed by atoms with E-state index in [1.807, 2.05) is 12.2 Å². The standard InChI is InChI=1S/C27H36N2O6.C22H28N2O5/c1-27(26(32)28-2,23(30)20-35-24-13-9-11-19-34-24)29(3)25(31)22-16-14-21(15-17-22)12-8-6-5-7-10-18-33-4;1-22(19(26)16-25,21(28)23-2)24(3)20(27)18-13-11-17(12-14-18)10-8-6-5-7-9-15-29-4/h5-6,14-17,24H,7,9-11,13,18-20H2,1-4H3,(H,28,32);5-6,11-14,25H,7,9,15-16H2,1-4H3,(H,23,28)/b2*6-5+/t24?,27-;22-/m11/s1. The van der Waals surface area contributed by atoms with Gasteiger partial charge in [-0.1, -0.05) is 35.8 Å². The van der Waals surface area contributed by atoms with Crippen LogP contribution in [-0.4, -0.2) is 143 Å². The highest BCUT2D eigenvalue weighted by Gasteiger charge is 2.47. The van der Waals surface area contributed by atoms with Gasteiger partial charge in [0.15, 0.2) is 28.9 Å². The molecule has 15 nitrogen and oxygen atoms in total. The van der Waals surface area contributed by atoms with Crippen LogP contribution in [0.5, 0.6) is 0 Å². The zero-order valence-corrected chi connectivity index (χ0v) is 38.4. The Morgan fingerprint density at radius 3 is 1.55 bits per heavy atom. The number of carbonyl (C=O) groups is 6. The fourth-order valence-electron chi connectivity index (χ4n) is 6.14. The van der Waals surface area contributed by atoms with Gasteiger partial charge < -0.3 is 44.5 Å². The average molecular weight is 885 g/mol. The Morgan fingerprint density at radius 2 is 1.17 bits per heavy atom. The summed E-state index contributed by atoms with van der Waals surface area (Å²) in [7, 11) is 8.93. The van der Waals surface area contributed by atoms with E-state index in [9.17, 15) is 33.9 Å². The number of carbonyl (C=O) groups excluding carboxylic acids is 6. The van der Waals surface area contributed by atoms with Crippen LogP contribution >= 0.6 is 0 Å². The van der Waals surface area contributed by atoms with Crippen LogP contribution in [0, 0.1) is 23.7 Å². The van der Waals surface area contributed by atoms with Crippen LogP contribution in [0.15, 0.2) is 72.8 Å². The van der Waals surface area contributed by atoms with Gasteiger partial charge in [-0.15, -0.1) is 0 Å². The molecule has 1 fully saturated rings. The third-order valence-electron chi connectivity index (χ3n) is 10.6. The number of nitrogens with one attached hydrogen (secondary N) is 2. The molecule has 1 aliphatic rings. The summed E-state index contributed by atoms with van der Waals surface area (Å²) < 4.78 is 21.1. The number of ether oxygens (including phenoxy) is 4. The number of unbranched alkanes of at least 4 members (excludes halogenated alkanes) is 2. The van der Waals surface area contributed by atoms with Gasteiger partial charge in [0.25, 0.3) is 23.6 Å². The van der Waals surface area contributed by atoms with E-state index >= 15 is 0 Å². The largest absolute Gasteiger partial charge is 0.388 e. The lowest BCUT2D eigenvalue weighted by Crippen LogP contribution is -2.62. The number of benzene rings is 2. The minimum Gasteiger partial charge on any atom is -0.388 e. The number of allylic oxidation sites excluding steroid dienone is 4. The van der Waals surface area contributed by atoms with Crippen LogP contribution in [-0.2, 0) is 38.1 Å². The number of hydrogen-bond acceptors (Lipinski definition) is 11. The van der Waals surface area contributed by atoms with Crippen LogP contribution in [0.4, 0.5) is 0 Å². The molecular weight excluding hydrogens is 821 g/mol. The SMILES string of the molecule is CNC(=O)[C@@](C)(C(=O)CO)N(C)C(=O)c1ccc(C#C/C=C/CCCOC)cc1.CNC(=O)[C@@](C)(C(=O)COC1CCCCO1)N(C)C(=O)c1ccc(C#C/C=C/CCCOC)cc1. The molecule has 3 rings (SSSR count). The van der Waals surface area contributed by atoms with E-state index in [0.717, 1.165) is 59.5 Å². The number of rotatable bonds is 20. The second-order valence-electron chi connectivity index (χ2n) is 14.9. The summed E-state index contributed by atoms with van der Waals surface area (Å²) in [5.41, 5.74) is -1.44. The molecule has 2 aromatic rings. The van der Waals surface area contributed by atoms with Crippen molar-refractivity contribution < 1.29 is 52.8 Å². The van der Waals surface area contributed by atoms with Crippen molar-refractivity contribution >= 4 is 35.2 Å². The van der Waals surface area contributed by atoms with E-state index in [0.29, 0.717) is 37.4 Å². The van der Waals surface area contributed by atoms with Crippen molar-refractivity contribution in [2.45, 2.75) is 76.2 Å². The van der Waals surface area contributed by atoms with E-state index in [1.165, 1.54) is 42.0 Å². The van der Waals surface area contributed by atoms with Crippen molar-refractivity contribution in [1.29, 1.82) is 0 Å². The van der Waals surface area contributed by atoms with Gasteiger partial charge in [0.1, 0.15) is 13.2 Å². The Bertz CT molecular complexity index is 2020. The monoisotopic (exact) mass is 884 g/mol. The lowest BCUT2D eigenvalue weighted by molar-refractivity contribution is -0.174. The van der Waals surface area contributed by atoms with Crippen molar-refractivity contribution in [3.8, 4) is 23.7 Å². The Morgan fingerprint density at radius 1 is 0.734 bits per heavy atom. The van der Waals surface area contributed by atoms with Gasteiger partial charge in [-0.25, -0.2) is 0 Å². The molecule has 0 aliphatic carbocycles. The van der Waals surface area contributed by atoms with Gasteiger partial charge in [0.05, 0.1) is 0 Å². The molecular formula is C49H64N4O11.